The van der Waals surface area contributed by atoms with Crippen molar-refractivity contribution in [3.63, 3.8) is 0 Å². The van der Waals surface area contributed by atoms with E-state index in [4.69, 9.17) is 4.74 Å². The van der Waals surface area contributed by atoms with Gasteiger partial charge in [0.1, 0.15) is 10.6 Å². The van der Waals surface area contributed by atoms with Gasteiger partial charge in [0, 0.05) is 0 Å². The molecule has 2 heterocycles. The zero-order chi connectivity index (χ0) is 14.8. The quantitative estimate of drug-likeness (QED) is 0.875. The van der Waals surface area contributed by atoms with E-state index in [0.717, 1.165) is 4.88 Å². The van der Waals surface area contributed by atoms with Crippen LogP contribution in [0.5, 0.6) is 5.75 Å². The third-order valence-corrected chi connectivity index (χ3v) is 4.27. The van der Waals surface area contributed by atoms with Crippen LogP contribution in [0.15, 0.2) is 11.4 Å². The zero-order valence-electron chi connectivity index (χ0n) is 11.5. The van der Waals surface area contributed by atoms with Crippen molar-refractivity contribution in [1.29, 1.82) is 0 Å². The molecule has 7 nitrogen and oxygen atoms in total. The van der Waals surface area contributed by atoms with Crippen molar-refractivity contribution in [3.05, 3.63) is 11.4 Å². The first-order valence-electron chi connectivity index (χ1n) is 6.13. The van der Waals surface area contributed by atoms with Gasteiger partial charge in [-0.15, -0.1) is 16.4 Å². The van der Waals surface area contributed by atoms with E-state index in [1.165, 1.54) is 16.0 Å². The van der Waals surface area contributed by atoms with Crippen LogP contribution in [0.2, 0.25) is 0 Å². The van der Waals surface area contributed by atoms with Gasteiger partial charge >= 0.3 is 5.97 Å². The first-order valence-corrected chi connectivity index (χ1v) is 7.01. The predicted octanol–water partition coefficient (Wildman–Crippen LogP) is 1.91. The van der Waals surface area contributed by atoms with Crippen molar-refractivity contribution in [2.45, 2.75) is 26.8 Å². The number of rotatable bonds is 6. The molecular weight excluding hydrogens is 280 g/mol. The number of hydrogen-bond acceptors (Lipinski definition) is 6. The Balaban J connectivity index is 2.37. The molecule has 0 radical (unpaired) electrons. The maximum Gasteiger partial charge on any atom is 0.311 e. The normalized spacial score (nSPS) is 13.9. The molecule has 0 fully saturated rings. The summed E-state index contributed by atoms with van der Waals surface area (Å²) in [7, 11) is 1.58. The zero-order valence-corrected chi connectivity index (χ0v) is 12.3. The van der Waals surface area contributed by atoms with Gasteiger partial charge in [-0.3, -0.25) is 4.79 Å². The molecule has 1 N–H and O–H groups in total. The molecule has 0 spiro atoms. The molecule has 2 aromatic heterocycles. The molecule has 0 aliphatic carbocycles. The molecule has 20 heavy (non-hydrogen) atoms. The fourth-order valence-corrected chi connectivity index (χ4v) is 2.60. The number of methoxy groups -OCH3 is 1. The Bertz CT molecular complexity index is 609. The van der Waals surface area contributed by atoms with Crippen LogP contribution >= 0.6 is 11.3 Å². The van der Waals surface area contributed by atoms with E-state index >= 15 is 0 Å². The van der Waals surface area contributed by atoms with Gasteiger partial charge in [-0.2, -0.15) is 0 Å². The van der Waals surface area contributed by atoms with Crippen molar-refractivity contribution >= 4 is 17.3 Å². The lowest BCUT2D eigenvalue weighted by atomic mass is 9.88. The largest absolute Gasteiger partial charge is 0.495 e. The maximum atomic E-state index is 11.4. The fraction of sp³-hybridized carbons (Fsp3) is 0.500. The summed E-state index contributed by atoms with van der Waals surface area (Å²) >= 11 is 1.45. The molecule has 108 valence electrons. The van der Waals surface area contributed by atoms with Gasteiger partial charge in [0.2, 0.25) is 0 Å². The minimum atomic E-state index is -0.908. The van der Waals surface area contributed by atoms with E-state index in [9.17, 15) is 9.90 Å². The highest BCUT2D eigenvalue weighted by Crippen LogP contribution is 2.34. The second kappa shape index (κ2) is 5.58. The Morgan fingerprint density at radius 2 is 2.35 bits per heavy atom. The molecule has 8 heteroatoms. The number of ether oxygens (including phenoxy) is 1. The lowest BCUT2D eigenvalue weighted by molar-refractivity contribution is -0.149. The summed E-state index contributed by atoms with van der Waals surface area (Å²) in [6.45, 7) is 3.73. The van der Waals surface area contributed by atoms with Gasteiger partial charge in [0.25, 0.3) is 0 Å². The first-order chi connectivity index (χ1) is 9.51. The molecule has 0 amide bonds. The Kier molecular flexibility index (Phi) is 4.03. The number of carboxylic acid groups (broad SMARTS) is 1. The van der Waals surface area contributed by atoms with Gasteiger partial charge in [0.05, 0.1) is 19.1 Å². The van der Waals surface area contributed by atoms with Crippen molar-refractivity contribution in [2.24, 2.45) is 5.41 Å². The third-order valence-electron chi connectivity index (χ3n) is 3.38. The summed E-state index contributed by atoms with van der Waals surface area (Å²) in [5, 5.41) is 22.8. The number of aliphatic carboxylic acids is 1. The highest BCUT2D eigenvalue weighted by atomic mass is 32.1. The number of hydrogen-bond donors (Lipinski definition) is 1. The topological polar surface area (TPSA) is 90.1 Å². The van der Waals surface area contributed by atoms with Crippen molar-refractivity contribution in [3.8, 4) is 16.5 Å². The second-order valence-electron chi connectivity index (χ2n) is 4.70. The summed E-state index contributed by atoms with van der Waals surface area (Å²) in [5.74, 6) is 0.344. The van der Waals surface area contributed by atoms with E-state index < -0.39 is 11.4 Å². The van der Waals surface area contributed by atoms with Crippen LogP contribution in [0.4, 0.5) is 0 Å². The number of tetrazole rings is 1. The minimum Gasteiger partial charge on any atom is -0.495 e. The van der Waals surface area contributed by atoms with Crippen LogP contribution < -0.4 is 4.74 Å². The van der Waals surface area contributed by atoms with Crippen LogP contribution in [-0.2, 0) is 11.3 Å². The van der Waals surface area contributed by atoms with Gasteiger partial charge in [0.15, 0.2) is 5.82 Å². The van der Waals surface area contributed by atoms with E-state index in [1.807, 2.05) is 18.4 Å². The highest BCUT2D eigenvalue weighted by Gasteiger charge is 2.33. The molecule has 1 unspecified atom stereocenters. The summed E-state index contributed by atoms with van der Waals surface area (Å²) < 4.78 is 6.77. The summed E-state index contributed by atoms with van der Waals surface area (Å²) in [5.41, 5.74) is -0.908. The minimum absolute atomic E-state index is 0.211. The van der Waals surface area contributed by atoms with E-state index in [2.05, 4.69) is 15.5 Å². The van der Waals surface area contributed by atoms with Gasteiger partial charge in [-0.1, -0.05) is 6.92 Å². The lowest BCUT2D eigenvalue weighted by Crippen LogP contribution is -2.32. The number of nitrogens with zero attached hydrogens (tertiary/aromatic N) is 4. The molecule has 2 rings (SSSR count). The van der Waals surface area contributed by atoms with Crippen molar-refractivity contribution in [1.82, 2.24) is 20.2 Å². The van der Waals surface area contributed by atoms with Crippen LogP contribution in [0.25, 0.3) is 10.7 Å². The molecule has 1 atom stereocenters. The Hall–Kier alpha value is -1.96. The Morgan fingerprint density at radius 1 is 1.60 bits per heavy atom. The average Bonchev–Trinajstić information content (AvgIpc) is 3.05. The third kappa shape index (κ3) is 2.51. The van der Waals surface area contributed by atoms with E-state index in [-0.39, 0.29) is 6.54 Å². The highest BCUT2D eigenvalue weighted by molar-refractivity contribution is 7.13. The molecule has 0 saturated carbocycles. The summed E-state index contributed by atoms with van der Waals surface area (Å²) in [4.78, 5) is 12.2. The van der Waals surface area contributed by atoms with Crippen molar-refractivity contribution < 1.29 is 14.6 Å². The Morgan fingerprint density at radius 3 is 2.95 bits per heavy atom. The van der Waals surface area contributed by atoms with Gasteiger partial charge in [-0.25, -0.2) is 4.68 Å². The predicted molar refractivity (Wildman–Crippen MR) is 73.7 cm³/mol. The van der Waals surface area contributed by atoms with E-state index in [1.54, 1.807) is 14.0 Å². The number of aromatic nitrogens is 4. The Labute approximate surface area is 120 Å². The van der Waals surface area contributed by atoms with Gasteiger partial charge < -0.3 is 9.84 Å². The van der Waals surface area contributed by atoms with Crippen LogP contribution in [0, 0.1) is 5.41 Å². The van der Waals surface area contributed by atoms with Crippen molar-refractivity contribution in [2.75, 3.05) is 7.11 Å². The molecule has 0 aromatic carbocycles. The van der Waals surface area contributed by atoms with Crippen LogP contribution in [-0.4, -0.2) is 38.4 Å². The molecule has 0 aliphatic heterocycles. The summed E-state index contributed by atoms with van der Waals surface area (Å²) in [6.07, 6.45) is 0.489. The average molecular weight is 296 g/mol. The summed E-state index contributed by atoms with van der Waals surface area (Å²) in [6, 6.07) is 1.83. The monoisotopic (exact) mass is 296 g/mol. The number of carbonyl (C=O) groups is 1. The molecule has 0 bridgehead atoms. The lowest BCUT2D eigenvalue weighted by Gasteiger charge is -2.22. The first kappa shape index (κ1) is 14.4. The van der Waals surface area contributed by atoms with E-state index in [0.29, 0.717) is 18.0 Å². The SMILES string of the molecule is CCC(C)(Cn1nnnc1-c1sccc1OC)C(=O)O. The molecular formula is C12H16N4O3S. The molecule has 2 aromatic rings. The van der Waals surface area contributed by atoms with Crippen LogP contribution in [0.1, 0.15) is 20.3 Å². The van der Waals surface area contributed by atoms with Crippen LogP contribution in [0.3, 0.4) is 0 Å². The molecule has 0 aliphatic rings. The number of thiophene rings is 1. The number of carboxylic acids is 1. The molecule has 0 saturated heterocycles. The second-order valence-corrected chi connectivity index (χ2v) is 5.61. The standard InChI is InChI=1S/C12H16N4O3S/c1-4-12(2,11(17)18)7-16-10(13-14-15-16)9-8(19-3)5-6-20-9/h5-6H,4,7H2,1-3H3,(H,17,18). The fourth-order valence-electron chi connectivity index (χ4n) is 1.76. The smallest absolute Gasteiger partial charge is 0.311 e. The van der Waals surface area contributed by atoms with Gasteiger partial charge in [-0.05, 0) is 35.2 Å². The maximum absolute atomic E-state index is 11.4.